The summed E-state index contributed by atoms with van der Waals surface area (Å²) >= 11 is 1.18. The maximum absolute atomic E-state index is 13.9. The van der Waals surface area contributed by atoms with E-state index in [1.165, 1.54) is 30.1 Å². The fourth-order valence-corrected chi connectivity index (χ4v) is 5.67. The minimum Gasteiger partial charge on any atom is -0.497 e. The van der Waals surface area contributed by atoms with E-state index in [0.29, 0.717) is 54.7 Å². The molecule has 0 bridgehead atoms. The summed E-state index contributed by atoms with van der Waals surface area (Å²) in [5.74, 6) is 1.39. The fraction of sp³-hybridized carbons (Fsp3) is 0.200. The number of methoxy groups -OCH3 is 2. The number of furan rings is 1. The van der Waals surface area contributed by atoms with Crippen molar-refractivity contribution in [1.82, 2.24) is 4.57 Å². The third kappa shape index (κ3) is 4.72. The van der Waals surface area contributed by atoms with Crippen LogP contribution in [0.3, 0.4) is 0 Å². The van der Waals surface area contributed by atoms with Gasteiger partial charge in [0.2, 0.25) is 0 Å². The van der Waals surface area contributed by atoms with E-state index in [4.69, 9.17) is 18.6 Å². The Bertz CT molecular complexity index is 1870. The van der Waals surface area contributed by atoms with Crippen molar-refractivity contribution in [2.75, 3.05) is 20.8 Å². The first-order valence-electron chi connectivity index (χ1n) is 12.4. The molecular weight excluding hydrogens is 530 g/mol. The van der Waals surface area contributed by atoms with Crippen molar-refractivity contribution >= 4 is 23.4 Å². The lowest BCUT2D eigenvalue weighted by molar-refractivity contribution is -0.139. The van der Waals surface area contributed by atoms with Crippen LogP contribution in [0.25, 0.3) is 17.4 Å². The minimum atomic E-state index is -0.864. The number of fused-ring (bicyclic) bond motifs is 1. The first kappa shape index (κ1) is 26.7. The smallest absolute Gasteiger partial charge is 0.338 e. The summed E-state index contributed by atoms with van der Waals surface area (Å²) in [6.45, 7) is 3.60. The van der Waals surface area contributed by atoms with E-state index < -0.39 is 12.0 Å². The Morgan fingerprint density at radius 2 is 1.98 bits per heavy atom. The number of thiazole rings is 1. The van der Waals surface area contributed by atoms with Crippen molar-refractivity contribution in [1.29, 1.82) is 5.26 Å². The number of nitrogens with zero attached hydrogens (tertiary/aromatic N) is 3. The number of rotatable bonds is 7. The van der Waals surface area contributed by atoms with Crippen LogP contribution >= 0.6 is 11.3 Å². The predicted molar refractivity (Wildman–Crippen MR) is 149 cm³/mol. The Balaban J connectivity index is 1.69. The van der Waals surface area contributed by atoms with Crippen LogP contribution in [0.15, 0.2) is 80.1 Å². The zero-order valence-corrected chi connectivity index (χ0v) is 23.1. The molecular formula is C30H25N3O6S. The fourth-order valence-electron chi connectivity index (χ4n) is 4.64. The molecule has 9 nitrogen and oxygen atoms in total. The zero-order chi connectivity index (χ0) is 28.4. The van der Waals surface area contributed by atoms with Crippen LogP contribution in [0.5, 0.6) is 11.5 Å². The molecule has 202 valence electrons. The van der Waals surface area contributed by atoms with Gasteiger partial charge in [-0.2, -0.15) is 5.26 Å². The summed E-state index contributed by atoms with van der Waals surface area (Å²) in [6.07, 6.45) is 1.63. The van der Waals surface area contributed by atoms with Gasteiger partial charge in [0.25, 0.3) is 5.56 Å². The summed E-state index contributed by atoms with van der Waals surface area (Å²) in [5, 5.41) is 9.45. The summed E-state index contributed by atoms with van der Waals surface area (Å²) in [6, 6.07) is 17.1. The van der Waals surface area contributed by atoms with Crippen LogP contribution in [0.2, 0.25) is 0 Å². The average molecular weight is 556 g/mol. The standard InChI is InChI=1S/C30H25N3O6S/c1-5-38-29(35)26-17(2)32-30-33(27(26)22-14-19(36-3)10-12-23(22)37-4)28(34)25(40-30)15-20-11-13-24(39-20)21-9-7-6-8-18(21)16-31/h6-15,27H,5H2,1-4H3/b25-15+/t27-/m1/s1. The van der Waals surface area contributed by atoms with Gasteiger partial charge in [0, 0.05) is 17.2 Å². The van der Waals surface area contributed by atoms with E-state index in [1.54, 1.807) is 68.5 Å². The van der Waals surface area contributed by atoms with Crippen molar-refractivity contribution in [3.63, 3.8) is 0 Å². The molecule has 0 aliphatic carbocycles. The number of nitriles is 1. The molecule has 0 saturated carbocycles. The molecule has 5 rings (SSSR count). The second-order valence-electron chi connectivity index (χ2n) is 8.77. The number of benzene rings is 2. The normalized spacial score (nSPS) is 14.8. The number of hydrogen-bond donors (Lipinski definition) is 0. The third-order valence-electron chi connectivity index (χ3n) is 6.46. The third-order valence-corrected chi connectivity index (χ3v) is 7.44. The zero-order valence-electron chi connectivity index (χ0n) is 22.3. The van der Waals surface area contributed by atoms with E-state index >= 15 is 0 Å². The maximum Gasteiger partial charge on any atom is 0.338 e. The second kappa shape index (κ2) is 11.1. The van der Waals surface area contributed by atoms with Crippen LogP contribution in [0.1, 0.15) is 36.8 Å². The van der Waals surface area contributed by atoms with Crippen LogP contribution in [0, 0.1) is 11.3 Å². The van der Waals surface area contributed by atoms with Gasteiger partial charge in [0.1, 0.15) is 29.1 Å². The van der Waals surface area contributed by atoms with Gasteiger partial charge >= 0.3 is 5.97 Å². The van der Waals surface area contributed by atoms with E-state index in [1.807, 2.05) is 6.07 Å². The molecule has 4 aromatic rings. The highest BCUT2D eigenvalue weighted by molar-refractivity contribution is 7.07. The van der Waals surface area contributed by atoms with Gasteiger partial charge < -0.3 is 18.6 Å². The summed E-state index contributed by atoms with van der Waals surface area (Å²) in [4.78, 5) is 32.1. The Kier molecular flexibility index (Phi) is 7.40. The topological polar surface area (TPSA) is 116 Å². The van der Waals surface area contributed by atoms with Crippen molar-refractivity contribution in [2.24, 2.45) is 4.99 Å². The summed E-state index contributed by atoms with van der Waals surface area (Å²) in [7, 11) is 3.06. The number of allylic oxidation sites excluding steroid dienone is 1. The molecule has 40 heavy (non-hydrogen) atoms. The lowest BCUT2D eigenvalue weighted by atomic mass is 9.95. The van der Waals surface area contributed by atoms with Gasteiger partial charge in [-0.25, -0.2) is 9.79 Å². The Morgan fingerprint density at radius 3 is 2.70 bits per heavy atom. The molecule has 0 N–H and O–H groups in total. The van der Waals surface area contributed by atoms with Crippen LogP contribution in [-0.2, 0) is 9.53 Å². The Hall–Kier alpha value is -4.88. The highest BCUT2D eigenvalue weighted by Gasteiger charge is 2.35. The maximum atomic E-state index is 13.9. The summed E-state index contributed by atoms with van der Waals surface area (Å²) < 4.78 is 24.3. The Morgan fingerprint density at radius 1 is 1.18 bits per heavy atom. The first-order chi connectivity index (χ1) is 19.4. The van der Waals surface area contributed by atoms with Crippen LogP contribution in [0.4, 0.5) is 0 Å². The molecule has 2 aromatic carbocycles. The predicted octanol–water partition coefficient (Wildman–Crippen LogP) is 3.95. The van der Waals surface area contributed by atoms with E-state index in [0.717, 1.165) is 0 Å². The van der Waals surface area contributed by atoms with Gasteiger partial charge in [-0.3, -0.25) is 9.36 Å². The average Bonchev–Trinajstić information content (AvgIpc) is 3.56. The number of esters is 1. The first-order valence-corrected chi connectivity index (χ1v) is 13.2. The molecule has 0 spiro atoms. The molecule has 1 aliphatic heterocycles. The van der Waals surface area contributed by atoms with Gasteiger partial charge in [0.05, 0.1) is 48.3 Å². The number of aromatic nitrogens is 1. The highest BCUT2D eigenvalue weighted by Crippen LogP contribution is 2.38. The van der Waals surface area contributed by atoms with Crippen molar-refractivity contribution in [3.05, 3.63) is 102 Å². The quantitative estimate of drug-likeness (QED) is 0.317. The SMILES string of the molecule is CCOC(=O)C1=C(C)N=c2s/c(=C/c3ccc(-c4ccccc4C#N)o3)c(=O)n2[C@@H]1c1cc(OC)ccc1OC. The molecule has 0 fully saturated rings. The molecule has 0 unspecified atom stereocenters. The van der Waals surface area contributed by atoms with E-state index in [-0.39, 0.29) is 17.7 Å². The van der Waals surface area contributed by atoms with Gasteiger partial charge in [-0.05, 0) is 56.3 Å². The number of carbonyl (C=O) groups excluding carboxylic acids is 1. The van der Waals surface area contributed by atoms with Crippen LogP contribution in [-0.4, -0.2) is 31.4 Å². The van der Waals surface area contributed by atoms with Crippen molar-refractivity contribution in [3.8, 4) is 28.9 Å². The second-order valence-corrected chi connectivity index (χ2v) is 9.78. The molecule has 1 atom stereocenters. The van der Waals surface area contributed by atoms with Gasteiger partial charge in [0.15, 0.2) is 4.80 Å². The largest absolute Gasteiger partial charge is 0.497 e. The number of carbonyl (C=O) groups is 1. The molecule has 2 aromatic heterocycles. The molecule has 10 heteroatoms. The molecule has 3 heterocycles. The summed E-state index contributed by atoms with van der Waals surface area (Å²) in [5.41, 5.74) is 2.02. The monoisotopic (exact) mass is 555 g/mol. The lowest BCUT2D eigenvalue weighted by Crippen LogP contribution is -2.40. The highest BCUT2D eigenvalue weighted by atomic mass is 32.1. The number of ether oxygens (including phenoxy) is 3. The van der Waals surface area contributed by atoms with Gasteiger partial charge in [-0.1, -0.05) is 23.5 Å². The van der Waals surface area contributed by atoms with Crippen LogP contribution < -0.4 is 24.4 Å². The lowest BCUT2D eigenvalue weighted by Gasteiger charge is -2.26. The van der Waals surface area contributed by atoms with E-state index in [2.05, 4.69) is 11.1 Å². The van der Waals surface area contributed by atoms with Crippen molar-refractivity contribution in [2.45, 2.75) is 19.9 Å². The molecule has 0 saturated heterocycles. The Labute approximate surface area is 233 Å². The molecule has 0 amide bonds. The van der Waals surface area contributed by atoms with E-state index in [9.17, 15) is 14.9 Å². The molecule has 0 radical (unpaired) electrons. The van der Waals surface area contributed by atoms with Crippen molar-refractivity contribution < 1.29 is 23.4 Å². The minimum absolute atomic E-state index is 0.164. The number of hydrogen-bond acceptors (Lipinski definition) is 9. The van der Waals surface area contributed by atoms with Gasteiger partial charge in [-0.15, -0.1) is 0 Å². The molecule has 1 aliphatic rings.